The quantitative estimate of drug-likeness (QED) is 0.776. The topological polar surface area (TPSA) is 59.1 Å². The predicted octanol–water partition coefficient (Wildman–Crippen LogP) is 3.50. The number of nitrogens with zero attached hydrogens (tertiary/aromatic N) is 2. The van der Waals surface area contributed by atoms with E-state index in [2.05, 4.69) is 11.9 Å². The van der Waals surface area contributed by atoms with Crippen LogP contribution < -0.4 is 0 Å². The molecule has 6 nitrogen and oxygen atoms in total. The van der Waals surface area contributed by atoms with Gasteiger partial charge in [0.05, 0.1) is 0 Å². The predicted molar refractivity (Wildman–Crippen MR) is 89.4 cm³/mol. The van der Waals surface area contributed by atoms with Gasteiger partial charge in [0, 0.05) is 13.1 Å². The minimum atomic E-state index is -0.652. The molecule has 1 saturated heterocycles. The maximum absolute atomic E-state index is 12.4. The molecule has 0 spiro atoms. The van der Waals surface area contributed by atoms with Crippen LogP contribution in [0, 0.1) is 5.92 Å². The molecule has 0 N–H and O–H groups in total. The first-order valence-electron chi connectivity index (χ1n) is 8.29. The van der Waals surface area contributed by atoms with Gasteiger partial charge in [0.2, 0.25) is 0 Å². The van der Waals surface area contributed by atoms with E-state index in [0.29, 0.717) is 6.54 Å². The van der Waals surface area contributed by atoms with Gasteiger partial charge in [-0.25, -0.2) is 14.5 Å². The molecule has 1 aliphatic heterocycles. The zero-order valence-corrected chi connectivity index (χ0v) is 15.6. The van der Waals surface area contributed by atoms with E-state index in [0.717, 1.165) is 30.8 Å². The molecule has 0 aromatic carbocycles. The average molecular weight is 328 g/mol. The van der Waals surface area contributed by atoms with Gasteiger partial charge in [0.25, 0.3) is 0 Å². The average Bonchev–Trinajstić information content (AvgIpc) is 2.31. The number of carbonyl (C=O) groups excluding carboxylic acids is 2. The van der Waals surface area contributed by atoms with Crippen LogP contribution in [0.15, 0.2) is 0 Å². The lowest BCUT2D eigenvalue weighted by molar-refractivity contribution is -0.00356. The fourth-order valence-electron chi connectivity index (χ4n) is 2.54. The lowest BCUT2D eigenvalue weighted by atomic mass is 9.98. The summed E-state index contributed by atoms with van der Waals surface area (Å²) in [6, 6.07) is 0. The van der Waals surface area contributed by atoms with Crippen molar-refractivity contribution in [2.45, 2.75) is 65.6 Å². The maximum atomic E-state index is 12.4. The summed E-state index contributed by atoms with van der Waals surface area (Å²) in [7, 11) is 2.05. The number of amides is 2. The summed E-state index contributed by atoms with van der Waals surface area (Å²) in [5.41, 5.74) is -1.30. The zero-order valence-electron chi connectivity index (χ0n) is 15.6. The normalized spacial score (nSPS) is 20.0. The van der Waals surface area contributed by atoms with Crippen molar-refractivity contribution >= 4 is 12.2 Å². The van der Waals surface area contributed by atoms with E-state index in [9.17, 15) is 9.59 Å². The van der Waals surface area contributed by atoms with Crippen LogP contribution in [0.2, 0.25) is 0 Å². The Morgan fingerprint density at radius 1 is 1.04 bits per heavy atom. The highest BCUT2D eigenvalue weighted by Gasteiger charge is 2.33. The van der Waals surface area contributed by atoms with Crippen molar-refractivity contribution in [1.29, 1.82) is 0 Å². The third-order valence-corrected chi connectivity index (χ3v) is 3.39. The molecule has 6 heteroatoms. The van der Waals surface area contributed by atoms with Crippen molar-refractivity contribution in [3.63, 3.8) is 0 Å². The summed E-state index contributed by atoms with van der Waals surface area (Å²) in [6.45, 7) is 12.9. The van der Waals surface area contributed by atoms with Crippen LogP contribution in [-0.2, 0) is 9.47 Å². The Morgan fingerprint density at radius 2 is 1.52 bits per heavy atom. The number of rotatable bonds is 2. The van der Waals surface area contributed by atoms with Gasteiger partial charge in [-0.3, -0.25) is 0 Å². The van der Waals surface area contributed by atoms with E-state index >= 15 is 0 Å². The summed E-state index contributed by atoms with van der Waals surface area (Å²) in [6.07, 6.45) is 0.782. The number of piperidine rings is 1. The van der Waals surface area contributed by atoms with Crippen LogP contribution >= 0.6 is 0 Å². The van der Waals surface area contributed by atoms with Crippen LogP contribution in [0.5, 0.6) is 0 Å². The Bertz CT molecular complexity index is 395. The second-order valence-corrected chi connectivity index (χ2v) is 8.34. The maximum Gasteiger partial charge on any atom is 0.419 e. The summed E-state index contributed by atoms with van der Waals surface area (Å²) in [5.74, 6) is 0.244. The lowest BCUT2D eigenvalue weighted by Gasteiger charge is -2.34. The van der Waals surface area contributed by atoms with Crippen molar-refractivity contribution in [1.82, 2.24) is 9.80 Å². The van der Waals surface area contributed by atoms with Crippen molar-refractivity contribution < 1.29 is 19.1 Å². The summed E-state index contributed by atoms with van der Waals surface area (Å²) >= 11 is 0. The molecule has 0 aromatic rings. The molecule has 0 saturated carbocycles. The Balaban J connectivity index is 2.82. The van der Waals surface area contributed by atoms with Crippen molar-refractivity contribution in [2.24, 2.45) is 5.92 Å². The molecule has 0 radical (unpaired) electrons. The van der Waals surface area contributed by atoms with E-state index < -0.39 is 23.4 Å². The fraction of sp³-hybridized carbons (Fsp3) is 0.882. The molecule has 1 heterocycles. The second-order valence-electron chi connectivity index (χ2n) is 8.34. The van der Waals surface area contributed by atoms with Gasteiger partial charge in [-0.2, -0.15) is 0 Å². The van der Waals surface area contributed by atoms with Crippen LogP contribution in [-0.4, -0.2) is 59.9 Å². The van der Waals surface area contributed by atoms with Crippen LogP contribution in [0.4, 0.5) is 9.59 Å². The van der Waals surface area contributed by atoms with Gasteiger partial charge in [-0.1, -0.05) is 0 Å². The van der Waals surface area contributed by atoms with Crippen LogP contribution in [0.3, 0.4) is 0 Å². The largest absolute Gasteiger partial charge is 0.443 e. The van der Waals surface area contributed by atoms with E-state index in [1.807, 2.05) is 0 Å². The Hall–Kier alpha value is -1.30. The molecule has 1 rings (SSSR count). The zero-order chi connectivity index (χ0) is 17.8. The van der Waals surface area contributed by atoms with Crippen LogP contribution in [0.25, 0.3) is 0 Å². The molecule has 2 amide bonds. The molecule has 1 aliphatic rings. The number of hydrogen-bond donors (Lipinski definition) is 0. The van der Waals surface area contributed by atoms with Gasteiger partial charge in [-0.15, -0.1) is 0 Å². The second kappa shape index (κ2) is 7.51. The molecular formula is C17H32N2O4. The summed E-state index contributed by atoms with van der Waals surface area (Å²) < 4.78 is 10.8. The molecular weight excluding hydrogens is 296 g/mol. The highest BCUT2D eigenvalue weighted by atomic mass is 16.6. The SMILES string of the molecule is CN1CCCC(CN(C(=O)OC(C)(C)C)C(=O)OC(C)(C)C)C1. The highest BCUT2D eigenvalue weighted by Crippen LogP contribution is 2.20. The number of ether oxygens (including phenoxy) is 2. The number of imide groups is 1. The molecule has 1 unspecified atom stereocenters. The molecule has 1 fully saturated rings. The minimum absolute atomic E-state index is 0.244. The first-order valence-corrected chi connectivity index (χ1v) is 8.29. The van der Waals surface area contributed by atoms with Gasteiger partial charge in [0.15, 0.2) is 0 Å². The molecule has 1 atom stereocenters. The van der Waals surface area contributed by atoms with Gasteiger partial charge >= 0.3 is 12.2 Å². The standard InChI is InChI=1S/C17H32N2O4/c1-16(2,3)22-14(20)19(15(21)23-17(4,5)6)12-13-9-8-10-18(7)11-13/h13H,8-12H2,1-7H3. The number of hydrogen-bond acceptors (Lipinski definition) is 5. The molecule has 23 heavy (non-hydrogen) atoms. The lowest BCUT2D eigenvalue weighted by Crippen LogP contribution is -2.48. The first kappa shape index (κ1) is 19.7. The van der Waals surface area contributed by atoms with E-state index in [1.165, 1.54) is 0 Å². The van der Waals surface area contributed by atoms with Crippen molar-refractivity contribution in [2.75, 3.05) is 26.7 Å². The minimum Gasteiger partial charge on any atom is -0.443 e. The third-order valence-electron chi connectivity index (χ3n) is 3.39. The summed E-state index contributed by atoms with van der Waals surface area (Å²) in [5, 5.41) is 0. The van der Waals surface area contributed by atoms with Gasteiger partial charge in [-0.05, 0) is 73.9 Å². The molecule has 0 aromatic heterocycles. The van der Waals surface area contributed by atoms with Gasteiger partial charge < -0.3 is 14.4 Å². The van der Waals surface area contributed by atoms with Crippen molar-refractivity contribution in [3.8, 4) is 0 Å². The van der Waals surface area contributed by atoms with Gasteiger partial charge in [0.1, 0.15) is 11.2 Å². The highest BCUT2D eigenvalue weighted by molar-refractivity contribution is 5.88. The molecule has 134 valence electrons. The first-order chi connectivity index (χ1) is 10.4. The number of carbonyl (C=O) groups is 2. The molecule has 0 aliphatic carbocycles. The Morgan fingerprint density at radius 3 is 1.91 bits per heavy atom. The van der Waals surface area contributed by atoms with Crippen molar-refractivity contribution in [3.05, 3.63) is 0 Å². The molecule has 0 bridgehead atoms. The number of likely N-dealkylation sites (tertiary alicyclic amines) is 1. The third kappa shape index (κ3) is 7.68. The monoisotopic (exact) mass is 328 g/mol. The van der Waals surface area contributed by atoms with E-state index in [1.54, 1.807) is 41.5 Å². The Kier molecular flexibility index (Phi) is 6.45. The Labute approximate surface area is 140 Å². The van der Waals surface area contributed by atoms with Crippen LogP contribution in [0.1, 0.15) is 54.4 Å². The fourth-order valence-corrected chi connectivity index (χ4v) is 2.54. The van der Waals surface area contributed by atoms with E-state index in [4.69, 9.17) is 9.47 Å². The smallest absolute Gasteiger partial charge is 0.419 e. The van der Waals surface area contributed by atoms with E-state index in [-0.39, 0.29) is 5.92 Å². The summed E-state index contributed by atoms with van der Waals surface area (Å²) in [4.78, 5) is 28.2.